The van der Waals surface area contributed by atoms with Gasteiger partial charge in [-0.3, -0.25) is 0 Å². The lowest BCUT2D eigenvalue weighted by molar-refractivity contribution is 0.228. The number of aryl methyl sites for hydroxylation is 1. The van der Waals surface area contributed by atoms with Crippen LogP contribution in [0.1, 0.15) is 31.5 Å². The van der Waals surface area contributed by atoms with Gasteiger partial charge in [0.25, 0.3) is 0 Å². The zero-order valence-corrected chi connectivity index (χ0v) is 14.6. The number of fused-ring (bicyclic) bond motifs is 1. The fourth-order valence-electron chi connectivity index (χ4n) is 3.36. The van der Waals surface area contributed by atoms with Crippen LogP contribution in [0.3, 0.4) is 0 Å². The van der Waals surface area contributed by atoms with E-state index in [2.05, 4.69) is 30.4 Å². The number of anilines is 1. The van der Waals surface area contributed by atoms with Gasteiger partial charge in [0.05, 0.1) is 11.0 Å². The molecule has 0 radical (unpaired) electrons. The van der Waals surface area contributed by atoms with Crippen LogP contribution in [0.2, 0.25) is 0 Å². The van der Waals surface area contributed by atoms with Crippen molar-refractivity contribution in [2.45, 2.75) is 32.6 Å². The molecular formula is C18H24N6O. The molecule has 0 bridgehead atoms. The first kappa shape index (κ1) is 16.1. The summed E-state index contributed by atoms with van der Waals surface area (Å²) < 4.78 is 5.74. The first-order valence-corrected chi connectivity index (χ1v) is 9.04. The molecule has 0 saturated carbocycles. The third-order valence-corrected chi connectivity index (χ3v) is 4.65. The van der Waals surface area contributed by atoms with Gasteiger partial charge in [0.2, 0.25) is 5.89 Å². The summed E-state index contributed by atoms with van der Waals surface area (Å²) in [4.78, 5) is 10.2. The predicted molar refractivity (Wildman–Crippen MR) is 97.5 cm³/mol. The van der Waals surface area contributed by atoms with Gasteiger partial charge >= 0.3 is 6.01 Å². The van der Waals surface area contributed by atoms with Gasteiger partial charge in [-0.1, -0.05) is 11.5 Å². The Hall–Kier alpha value is -2.41. The number of H-pyrrole nitrogens is 1. The Morgan fingerprint density at radius 1 is 1.20 bits per heavy atom. The summed E-state index contributed by atoms with van der Waals surface area (Å²) in [6.45, 7) is 6.39. The number of aromatic nitrogens is 4. The summed E-state index contributed by atoms with van der Waals surface area (Å²) in [6, 6.07) is 6.39. The van der Waals surface area contributed by atoms with E-state index in [1.807, 2.05) is 25.1 Å². The van der Waals surface area contributed by atoms with Crippen LogP contribution in [0.5, 0.6) is 0 Å². The molecular weight excluding hydrogens is 316 g/mol. The van der Waals surface area contributed by atoms with Gasteiger partial charge in [0.1, 0.15) is 5.82 Å². The number of rotatable bonds is 6. The largest absolute Gasteiger partial charge is 0.403 e. The third-order valence-electron chi connectivity index (χ3n) is 4.65. The van der Waals surface area contributed by atoms with E-state index in [-0.39, 0.29) is 0 Å². The van der Waals surface area contributed by atoms with Gasteiger partial charge in [-0.2, -0.15) is 0 Å². The minimum Gasteiger partial charge on any atom is -0.403 e. The Bertz CT molecular complexity index is 833. The van der Waals surface area contributed by atoms with Gasteiger partial charge in [-0.15, -0.1) is 5.10 Å². The van der Waals surface area contributed by atoms with Crippen LogP contribution in [0.25, 0.3) is 22.5 Å². The van der Waals surface area contributed by atoms with Crippen molar-refractivity contribution in [1.82, 2.24) is 25.1 Å². The SMILES string of the molecule is Cc1nc2ccc(-c3nnc(NCCCN4CCCCC4)o3)cc2[nH]1. The van der Waals surface area contributed by atoms with E-state index < -0.39 is 0 Å². The van der Waals surface area contributed by atoms with Crippen molar-refractivity contribution in [3.8, 4) is 11.5 Å². The fourth-order valence-corrected chi connectivity index (χ4v) is 3.36. The van der Waals surface area contributed by atoms with E-state index in [4.69, 9.17) is 4.42 Å². The van der Waals surface area contributed by atoms with Crippen LogP contribution in [-0.4, -0.2) is 51.2 Å². The maximum absolute atomic E-state index is 5.74. The summed E-state index contributed by atoms with van der Waals surface area (Å²) in [6.07, 6.45) is 5.13. The Balaban J connectivity index is 1.33. The van der Waals surface area contributed by atoms with Crippen LogP contribution in [-0.2, 0) is 0 Å². The summed E-state index contributed by atoms with van der Waals surface area (Å²) in [5, 5.41) is 11.5. The highest BCUT2D eigenvalue weighted by atomic mass is 16.4. The molecule has 0 spiro atoms. The number of piperidine rings is 1. The Kier molecular flexibility index (Phi) is 4.65. The standard InChI is InChI=1S/C18H24N6O/c1-13-20-15-7-6-14(12-16(15)21-13)17-22-23-18(25-17)19-8-5-11-24-9-3-2-4-10-24/h6-7,12H,2-5,8-11H2,1H3,(H,19,23)(H,20,21). The molecule has 1 saturated heterocycles. The van der Waals surface area contributed by atoms with Gasteiger partial charge in [0.15, 0.2) is 0 Å². The van der Waals surface area contributed by atoms with Crippen molar-refractivity contribution in [2.24, 2.45) is 0 Å². The molecule has 4 rings (SSSR count). The molecule has 132 valence electrons. The number of nitrogens with one attached hydrogen (secondary N) is 2. The maximum atomic E-state index is 5.74. The van der Waals surface area contributed by atoms with Crippen molar-refractivity contribution in [3.63, 3.8) is 0 Å². The molecule has 3 heterocycles. The topological polar surface area (TPSA) is 82.9 Å². The molecule has 0 atom stereocenters. The molecule has 25 heavy (non-hydrogen) atoms. The number of hydrogen-bond donors (Lipinski definition) is 2. The maximum Gasteiger partial charge on any atom is 0.315 e. The van der Waals surface area contributed by atoms with Crippen molar-refractivity contribution in [2.75, 3.05) is 31.5 Å². The summed E-state index contributed by atoms with van der Waals surface area (Å²) in [5.74, 6) is 1.42. The van der Waals surface area contributed by atoms with Crippen molar-refractivity contribution < 1.29 is 4.42 Å². The Morgan fingerprint density at radius 2 is 2.08 bits per heavy atom. The molecule has 1 aliphatic rings. The molecule has 3 aromatic rings. The van der Waals surface area contributed by atoms with E-state index in [1.54, 1.807) is 0 Å². The van der Waals surface area contributed by atoms with Crippen LogP contribution in [0, 0.1) is 6.92 Å². The normalized spacial score (nSPS) is 15.7. The van der Waals surface area contributed by atoms with E-state index in [9.17, 15) is 0 Å². The fraction of sp³-hybridized carbons (Fsp3) is 0.500. The highest BCUT2D eigenvalue weighted by Crippen LogP contribution is 2.23. The number of likely N-dealkylation sites (tertiary alicyclic amines) is 1. The second kappa shape index (κ2) is 7.23. The highest BCUT2D eigenvalue weighted by Gasteiger charge is 2.11. The average molecular weight is 340 g/mol. The molecule has 7 heteroatoms. The van der Waals surface area contributed by atoms with E-state index in [0.29, 0.717) is 11.9 Å². The number of aromatic amines is 1. The van der Waals surface area contributed by atoms with Gasteiger partial charge in [-0.25, -0.2) is 4.98 Å². The molecule has 7 nitrogen and oxygen atoms in total. The van der Waals surface area contributed by atoms with Gasteiger partial charge < -0.3 is 19.6 Å². The number of benzene rings is 1. The predicted octanol–water partition coefficient (Wildman–Crippen LogP) is 3.21. The monoisotopic (exact) mass is 340 g/mol. The van der Waals surface area contributed by atoms with Crippen molar-refractivity contribution >= 4 is 17.0 Å². The quantitative estimate of drug-likeness (QED) is 0.671. The molecule has 0 amide bonds. The second-order valence-electron chi connectivity index (χ2n) is 6.65. The molecule has 1 fully saturated rings. The van der Waals surface area contributed by atoms with E-state index in [1.165, 1.54) is 32.4 Å². The molecule has 2 N–H and O–H groups in total. The molecule has 2 aromatic heterocycles. The first-order valence-electron chi connectivity index (χ1n) is 9.04. The molecule has 1 aliphatic heterocycles. The smallest absolute Gasteiger partial charge is 0.315 e. The van der Waals surface area contributed by atoms with Crippen molar-refractivity contribution in [1.29, 1.82) is 0 Å². The number of hydrogen-bond acceptors (Lipinski definition) is 6. The summed E-state index contributed by atoms with van der Waals surface area (Å²) in [5.41, 5.74) is 2.81. The number of nitrogens with zero attached hydrogens (tertiary/aromatic N) is 4. The van der Waals surface area contributed by atoms with Crippen LogP contribution >= 0.6 is 0 Å². The second-order valence-corrected chi connectivity index (χ2v) is 6.65. The van der Waals surface area contributed by atoms with Crippen LogP contribution < -0.4 is 5.32 Å². The van der Waals surface area contributed by atoms with Crippen LogP contribution in [0.4, 0.5) is 6.01 Å². The summed E-state index contributed by atoms with van der Waals surface area (Å²) >= 11 is 0. The Labute approximate surface area is 146 Å². The molecule has 0 unspecified atom stereocenters. The van der Waals surface area contributed by atoms with E-state index >= 15 is 0 Å². The minimum absolute atomic E-state index is 0.481. The Morgan fingerprint density at radius 3 is 2.96 bits per heavy atom. The number of imidazole rings is 1. The zero-order valence-electron chi connectivity index (χ0n) is 14.6. The summed E-state index contributed by atoms with van der Waals surface area (Å²) in [7, 11) is 0. The lowest BCUT2D eigenvalue weighted by Crippen LogP contribution is -2.31. The molecule has 1 aromatic carbocycles. The lowest BCUT2D eigenvalue weighted by Gasteiger charge is -2.26. The van der Waals surface area contributed by atoms with Gasteiger partial charge in [0, 0.05) is 12.1 Å². The van der Waals surface area contributed by atoms with Crippen LogP contribution in [0.15, 0.2) is 22.6 Å². The third kappa shape index (κ3) is 3.82. The van der Waals surface area contributed by atoms with Crippen molar-refractivity contribution in [3.05, 3.63) is 24.0 Å². The minimum atomic E-state index is 0.481. The van der Waals surface area contributed by atoms with E-state index in [0.717, 1.165) is 41.9 Å². The lowest BCUT2D eigenvalue weighted by atomic mass is 10.1. The zero-order chi connectivity index (χ0) is 17.1. The highest BCUT2D eigenvalue weighted by molar-refractivity contribution is 5.80. The van der Waals surface area contributed by atoms with Gasteiger partial charge in [-0.05, 0) is 64.0 Å². The average Bonchev–Trinajstić information content (AvgIpc) is 3.24. The first-order chi connectivity index (χ1) is 12.3. The molecule has 0 aliphatic carbocycles.